The summed E-state index contributed by atoms with van der Waals surface area (Å²) >= 11 is 0. The molecule has 0 atom stereocenters. The summed E-state index contributed by atoms with van der Waals surface area (Å²) in [6.45, 7) is -0.254. The predicted octanol–water partition coefficient (Wildman–Crippen LogP) is 1.24. The molecule has 132 valence electrons. The van der Waals surface area contributed by atoms with Gasteiger partial charge in [0.1, 0.15) is 0 Å². The molecule has 0 fully saturated rings. The smallest absolute Gasteiger partial charge is 0.340 e. The van der Waals surface area contributed by atoms with Crippen molar-refractivity contribution in [2.24, 2.45) is 0 Å². The first kappa shape index (κ1) is 16.9. The lowest BCUT2D eigenvalue weighted by atomic mass is 10.1. The molecule has 0 unspecified atom stereocenters. The fourth-order valence-electron chi connectivity index (χ4n) is 2.09. The van der Waals surface area contributed by atoms with Gasteiger partial charge in [-0.1, -0.05) is 12.1 Å². The van der Waals surface area contributed by atoms with Crippen molar-refractivity contribution in [1.82, 2.24) is 15.0 Å². The van der Waals surface area contributed by atoms with Gasteiger partial charge in [0.25, 0.3) is 5.91 Å². The molecule has 3 rings (SSSR count). The van der Waals surface area contributed by atoms with Crippen molar-refractivity contribution in [3.63, 3.8) is 0 Å². The molecule has 10 nitrogen and oxygen atoms in total. The number of aromatic nitrogens is 3. The van der Waals surface area contributed by atoms with E-state index in [-0.39, 0.29) is 41.3 Å². The lowest BCUT2D eigenvalue weighted by molar-refractivity contribution is 0.0463. The summed E-state index contributed by atoms with van der Waals surface area (Å²) in [4.78, 5) is 35.7. The molecule has 10 heteroatoms. The van der Waals surface area contributed by atoms with Crippen LogP contribution in [-0.4, -0.2) is 26.8 Å². The molecule has 0 spiro atoms. The highest BCUT2D eigenvalue weighted by molar-refractivity contribution is 6.06. The average molecular weight is 354 g/mol. The van der Waals surface area contributed by atoms with E-state index in [0.29, 0.717) is 0 Å². The van der Waals surface area contributed by atoms with E-state index >= 15 is 0 Å². The van der Waals surface area contributed by atoms with Crippen molar-refractivity contribution in [1.29, 1.82) is 0 Å². The van der Waals surface area contributed by atoms with Crippen LogP contribution in [0.2, 0.25) is 0 Å². The van der Waals surface area contributed by atoms with Crippen molar-refractivity contribution in [2.45, 2.75) is 6.61 Å². The number of rotatable bonds is 5. The molecule has 5 N–H and O–H groups in total. The fourth-order valence-corrected chi connectivity index (χ4v) is 2.09. The van der Waals surface area contributed by atoms with E-state index in [9.17, 15) is 9.59 Å². The van der Waals surface area contributed by atoms with Gasteiger partial charge in [-0.3, -0.25) is 4.79 Å². The fraction of sp³-hybridized carbons (Fsp3) is 0.0625. The first-order valence-corrected chi connectivity index (χ1v) is 7.40. The normalized spacial score (nSPS) is 10.3. The average Bonchev–Trinajstić information content (AvgIpc) is 3.14. The van der Waals surface area contributed by atoms with Crippen molar-refractivity contribution >= 4 is 29.5 Å². The highest BCUT2D eigenvalue weighted by Gasteiger charge is 2.17. The number of benzene rings is 1. The van der Waals surface area contributed by atoms with Gasteiger partial charge in [-0.2, -0.15) is 15.0 Å². The molecular weight excluding hydrogens is 340 g/mol. The molecule has 0 aliphatic heterocycles. The molecule has 0 saturated heterocycles. The van der Waals surface area contributed by atoms with E-state index in [2.05, 4.69) is 20.3 Å². The van der Waals surface area contributed by atoms with E-state index in [4.69, 9.17) is 20.6 Å². The number of nitrogens with zero attached hydrogens (tertiary/aromatic N) is 3. The molecule has 0 bridgehead atoms. The minimum Gasteiger partial charge on any atom is -0.459 e. The minimum atomic E-state index is -0.682. The van der Waals surface area contributed by atoms with Crippen LogP contribution in [0.4, 0.5) is 17.6 Å². The second-order valence-corrected chi connectivity index (χ2v) is 5.02. The Morgan fingerprint density at radius 3 is 2.46 bits per heavy atom. The van der Waals surface area contributed by atoms with Gasteiger partial charge in [-0.05, 0) is 24.3 Å². The number of hydrogen-bond donors (Lipinski definition) is 3. The number of carbonyl (C=O) groups excluding carboxylic acids is 2. The molecule has 1 amide bonds. The van der Waals surface area contributed by atoms with Crippen LogP contribution in [0, 0.1) is 0 Å². The Morgan fingerprint density at radius 2 is 1.77 bits per heavy atom. The van der Waals surface area contributed by atoms with E-state index in [1.54, 1.807) is 24.3 Å². The largest absolute Gasteiger partial charge is 0.459 e. The number of ether oxygens (including phenoxy) is 1. The number of nitrogens with one attached hydrogen (secondary N) is 1. The summed E-state index contributed by atoms with van der Waals surface area (Å²) in [6, 6.07) is 9.47. The Kier molecular flexibility index (Phi) is 4.74. The Balaban J connectivity index is 1.72. The zero-order chi connectivity index (χ0) is 18.5. The summed E-state index contributed by atoms with van der Waals surface area (Å²) in [7, 11) is 0. The van der Waals surface area contributed by atoms with Crippen molar-refractivity contribution in [2.75, 3.05) is 16.8 Å². The number of nitrogens with two attached hydrogens (primary N) is 2. The van der Waals surface area contributed by atoms with Crippen LogP contribution in [-0.2, 0) is 11.3 Å². The summed E-state index contributed by atoms with van der Waals surface area (Å²) < 4.78 is 10.2. The summed E-state index contributed by atoms with van der Waals surface area (Å²) in [6.07, 6.45) is 1.38. The third kappa shape index (κ3) is 3.93. The first-order chi connectivity index (χ1) is 12.5. The molecule has 3 aromatic rings. The lowest BCUT2D eigenvalue weighted by Crippen LogP contribution is -2.16. The molecule has 2 aromatic heterocycles. The molecule has 2 heterocycles. The zero-order valence-corrected chi connectivity index (χ0v) is 13.4. The Hall–Kier alpha value is -3.95. The van der Waals surface area contributed by atoms with Crippen LogP contribution < -0.4 is 16.8 Å². The zero-order valence-electron chi connectivity index (χ0n) is 13.4. The second-order valence-electron chi connectivity index (χ2n) is 5.02. The molecular formula is C16H14N6O4. The maximum Gasteiger partial charge on any atom is 0.340 e. The molecule has 0 saturated carbocycles. The topological polar surface area (TPSA) is 159 Å². The number of anilines is 3. The Morgan fingerprint density at radius 1 is 1.04 bits per heavy atom. The number of furan rings is 1. The lowest BCUT2D eigenvalue weighted by Gasteiger charge is -2.10. The minimum absolute atomic E-state index is 0.0744. The number of para-hydroxylation sites is 1. The van der Waals surface area contributed by atoms with Crippen LogP contribution in [0.5, 0.6) is 0 Å². The third-order valence-electron chi connectivity index (χ3n) is 3.19. The molecule has 0 aliphatic carbocycles. The summed E-state index contributed by atoms with van der Waals surface area (Å²) in [5.74, 6) is -1.10. The van der Waals surface area contributed by atoms with Crippen LogP contribution in [0.15, 0.2) is 47.1 Å². The monoisotopic (exact) mass is 354 g/mol. The van der Waals surface area contributed by atoms with Crippen LogP contribution in [0.3, 0.4) is 0 Å². The van der Waals surface area contributed by atoms with Gasteiger partial charge in [0.2, 0.25) is 11.9 Å². The molecule has 0 radical (unpaired) electrons. The van der Waals surface area contributed by atoms with Crippen LogP contribution in [0.25, 0.3) is 0 Å². The van der Waals surface area contributed by atoms with Crippen molar-refractivity contribution < 1.29 is 18.7 Å². The van der Waals surface area contributed by atoms with Gasteiger partial charge < -0.3 is 25.9 Å². The quantitative estimate of drug-likeness (QED) is 0.573. The standard InChI is InChI=1S/C16H14N6O4/c17-15-20-12(21-16(18)22-15)8-26-14(24)9-4-1-2-5-10(9)19-13(23)11-6-3-7-25-11/h1-7H,8H2,(H,19,23)(H4,17,18,20,21,22). The van der Waals surface area contributed by atoms with E-state index in [0.717, 1.165) is 0 Å². The van der Waals surface area contributed by atoms with Gasteiger partial charge in [0.05, 0.1) is 17.5 Å². The second kappa shape index (κ2) is 7.30. The maximum atomic E-state index is 12.3. The van der Waals surface area contributed by atoms with Crippen molar-refractivity contribution in [3.8, 4) is 0 Å². The van der Waals surface area contributed by atoms with Crippen LogP contribution >= 0.6 is 0 Å². The van der Waals surface area contributed by atoms with Gasteiger partial charge in [-0.25, -0.2) is 4.79 Å². The molecule has 1 aromatic carbocycles. The SMILES string of the molecule is Nc1nc(N)nc(COC(=O)c2ccccc2NC(=O)c2ccco2)n1. The van der Waals surface area contributed by atoms with Gasteiger partial charge in [0, 0.05) is 0 Å². The van der Waals surface area contributed by atoms with Gasteiger partial charge >= 0.3 is 5.97 Å². The number of carbonyl (C=O) groups is 2. The number of hydrogen-bond acceptors (Lipinski definition) is 9. The number of nitrogen functional groups attached to an aromatic ring is 2. The molecule has 0 aliphatic rings. The molecule has 26 heavy (non-hydrogen) atoms. The number of amides is 1. The van der Waals surface area contributed by atoms with Crippen molar-refractivity contribution in [3.05, 3.63) is 59.8 Å². The number of esters is 1. The third-order valence-corrected chi connectivity index (χ3v) is 3.19. The summed E-state index contributed by atoms with van der Waals surface area (Å²) in [5.41, 5.74) is 11.4. The van der Waals surface area contributed by atoms with E-state index in [1.165, 1.54) is 18.4 Å². The van der Waals surface area contributed by atoms with E-state index < -0.39 is 11.9 Å². The van der Waals surface area contributed by atoms with E-state index in [1.807, 2.05) is 0 Å². The van der Waals surface area contributed by atoms with Gasteiger partial charge in [0.15, 0.2) is 18.2 Å². The maximum absolute atomic E-state index is 12.3. The van der Waals surface area contributed by atoms with Crippen LogP contribution in [0.1, 0.15) is 26.7 Å². The first-order valence-electron chi connectivity index (χ1n) is 7.40. The van der Waals surface area contributed by atoms with Gasteiger partial charge in [-0.15, -0.1) is 0 Å². The Bertz CT molecular complexity index is 921. The highest BCUT2D eigenvalue weighted by atomic mass is 16.5. The highest BCUT2D eigenvalue weighted by Crippen LogP contribution is 2.18. The Labute approximate surface area is 147 Å². The predicted molar refractivity (Wildman–Crippen MR) is 90.9 cm³/mol. The summed E-state index contributed by atoms with van der Waals surface area (Å²) in [5, 5.41) is 2.60.